The number of nitrogens with one attached hydrogen (secondary N) is 1. The van der Waals surface area contributed by atoms with Gasteiger partial charge in [0.05, 0.1) is 11.4 Å². The monoisotopic (exact) mass is 345 g/mol. The van der Waals surface area contributed by atoms with E-state index in [0.29, 0.717) is 12.5 Å². The average Bonchev–Trinajstić information content (AvgIpc) is 2.90. The van der Waals surface area contributed by atoms with Crippen molar-refractivity contribution < 1.29 is 4.79 Å². The van der Waals surface area contributed by atoms with Crippen LogP contribution in [-0.2, 0) is 4.79 Å². The molecule has 1 atom stereocenters. The van der Waals surface area contributed by atoms with E-state index in [2.05, 4.69) is 29.4 Å². The Morgan fingerprint density at radius 1 is 1.18 bits per heavy atom. The number of hydrogen-bond donors (Lipinski definition) is 1. The van der Waals surface area contributed by atoms with Gasteiger partial charge < -0.3 is 15.1 Å². The molecule has 1 aromatic rings. The highest BCUT2D eigenvalue weighted by Crippen LogP contribution is 2.31. The van der Waals surface area contributed by atoms with E-state index >= 15 is 0 Å². The summed E-state index contributed by atoms with van der Waals surface area (Å²) in [5, 5.41) is 3.42. The van der Waals surface area contributed by atoms with Crippen molar-refractivity contribution in [3.05, 3.63) is 24.3 Å². The maximum absolute atomic E-state index is 12.6. The molecule has 0 radical (unpaired) electrons. The second-order valence-electron chi connectivity index (χ2n) is 5.81. The lowest BCUT2D eigenvalue weighted by Gasteiger charge is -2.25. The molecule has 6 heteroatoms. The molecule has 4 nitrogen and oxygen atoms in total. The number of carbonyl (C=O) groups excluding carboxylic acids is 1. The normalized spacial score (nSPS) is 20.5. The van der Waals surface area contributed by atoms with Gasteiger partial charge in [-0.2, -0.15) is 0 Å². The van der Waals surface area contributed by atoms with Gasteiger partial charge >= 0.3 is 0 Å². The zero-order chi connectivity index (χ0) is 13.9. The maximum Gasteiger partial charge on any atom is 0.228 e. The van der Waals surface area contributed by atoms with Crippen molar-refractivity contribution >= 4 is 42.1 Å². The summed E-state index contributed by atoms with van der Waals surface area (Å²) in [5.41, 5.74) is 2.23. The molecule has 2 heterocycles. The summed E-state index contributed by atoms with van der Waals surface area (Å²) in [6.45, 7) is 2.88. The summed E-state index contributed by atoms with van der Waals surface area (Å²) in [6.07, 6.45) is 3.96. The van der Waals surface area contributed by atoms with Crippen LogP contribution in [0.2, 0.25) is 0 Å². The minimum Gasteiger partial charge on any atom is -0.373 e. The molecule has 2 aliphatic heterocycles. The van der Waals surface area contributed by atoms with Crippen molar-refractivity contribution in [3.63, 3.8) is 0 Å². The van der Waals surface area contributed by atoms with E-state index in [9.17, 15) is 4.79 Å². The molecule has 0 aromatic heterocycles. The van der Waals surface area contributed by atoms with Gasteiger partial charge in [-0.25, -0.2) is 0 Å². The molecule has 0 aliphatic carbocycles. The summed E-state index contributed by atoms with van der Waals surface area (Å²) < 4.78 is 0. The Kier molecular flexibility index (Phi) is 7.46. The minimum absolute atomic E-state index is 0. The fraction of sp³-hybridized carbons (Fsp3) is 0.562. The van der Waals surface area contributed by atoms with Crippen LogP contribution in [0.4, 0.5) is 11.4 Å². The number of halogens is 2. The van der Waals surface area contributed by atoms with Crippen LogP contribution in [0.5, 0.6) is 0 Å². The molecular weight excluding hydrogens is 321 g/mol. The van der Waals surface area contributed by atoms with Crippen molar-refractivity contribution in [3.8, 4) is 0 Å². The Hall–Kier alpha value is -0.970. The van der Waals surface area contributed by atoms with Crippen LogP contribution in [0, 0.1) is 0 Å². The van der Waals surface area contributed by atoms with Crippen LogP contribution in [0.15, 0.2) is 24.3 Å². The number of amides is 1. The van der Waals surface area contributed by atoms with Crippen molar-refractivity contribution in [2.45, 2.75) is 31.7 Å². The van der Waals surface area contributed by atoms with Crippen LogP contribution in [0.3, 0.4) is 0 Å². The second-order valence-corrected chi connectivity index (χ2v) is 5.81. The number of carbonyl (C=O) groups is 1. The molecule has 1 unspecified atom stereocenters. The predicted molar refractivity (Wildman–Crippen MR) is 96.8 cm³/mol. The van der Waals surface area contributed by atoms with Gasteiger partial charge in [0, 0.05) is 32.6 Å². The number of benzene rings is 1. The summed E-state index contributed by atoms with van der Waals surface area (Å²) in [7, 11) is 2.10. The first-order valence-corrected chi connectivity index (χ1v) is 7.59. The minimum atomic E-state index is 0. The smallest absolute Gasteiger partial charge is 0.228 e. The Labute approximate surface area is 145 Å². The lowest BCUT2D eigenvalue weighted by Crippen LogP contribution is -2.36. The Balaban J connectivity index is 0.00000121. The molecule has 3 rings (SSSR count). The molecule has 1 aromatic carbocycles. The highest BCUT2D eigenvalue weighted by Gasteiger charge is 2.26. The topological polar surface area (TPSA) is 35.6 Å². The fourth-order valence-corrected chi connectivity index (χ4v) is 3.23. The first-order valence-electron chi connectivity index (χ1n) is 7.59. The van der Waals surface area contributed by atoms with Crippen molar-refractivity contribution in [1.82, 2.24) is 5.32 Å². The average molecular weight is 346 g/mol. The summed E-state index contributed by atoms with van der Waals surface area (Å²) in [6, 6.07) is 8.61. The van der Waals surface area contributed by atoms with Gasteiger partial charge in [-0.1, -0.05) is 12.1 Å². The number of hydrogen-bond acceptors (Lipinski definition) is 3. The standard InChI is InChI=1S/C16H23N3O.2ClH/c1-18-10-5-11-19(15-8-3-2-7-14(15)18)16(20)12-13-6-4-9-17-13;;/h2-3,7-8,13,17H,4-6,9-12H2,1H3;2*1H. The molecule has 1 amide bonds. The molecular formula is C16H25Cl2N3O. The van der Waals surface area contributed by atoms with Crippen molar-refractivity contribution in [2.24, 2.45) is 0 Å². The number of anilines is 2. The van der Waals surface area contributed by atoms with E-state index < -0.39 is 0 Å². The first-order chi connectivity index (χ1) is 9.75. The number of nitrogens with zero attached hydrogens (tertiary/aromatic N) is 2. The van der Waals surface area contributed by atoms with E-state index in [1.54, 1.807) is 0 Å². The highest BCUT2D eigenvalue weighted by molar-refractivity contribution is 5.97. The van der Waals surface area contributed by atoms with Crippen LogP contribution in [-0.4, -0.2) is 38.6 Å². The zero-order valence-electron chi connectivity index (χ0n) is 13.0. The number of fused-ring (bicyclic) bond motifs is 1. The molecule has 0 bridgehead atoms. The third-order valence-corrected chi connectivity index (χ3v) is 4.34. The van der Waals surface area contributed by atoms with Gasteiger partial charge in [-0.15, -0.1) is 24.8 Å². The molecule has 0 spiro atoms. The van der Waals surface area contributed by atoms with Crippen LogP contribution in [0.25, 0.3) is 0 Å². The maximum atomic E-state index is 12.6. The van der Waals surface area contributed by atoms with Gasteiger partial charge in [-0.3, -0.25) is 4.79 Å². The zero-order valence-corrected chi connectivity index (χ0v) is 14.6. The van der Waals surface area contributed by atoms with Gasteiger partial charge in [0.25, 0.3) is 0 Å². The Morgan fingerprint density at radius 2 is 1.91 bits per heavy atom. The first kappa shape index (κ1) is 19.1. The fourth-order valence-electron chi connectivity index (χ4n) is 3.23. The highest BCUT2D eigenvalue weighted by atomic mass is 35.5. The van der Waals surface area contributed by atoms with Gasteiger partial charge in [0.15, 0.2) is 0 Å². The Bertz CT molecular complexity index is 492. The van der Waals surface area contributed by atoms with E-state index in [-0.39, 0.29) is 30.7 Å². The summed E-state index contributed by atoms with van der Waals surface area (Å²) >= 11 is 0. The number of para-hydroxylation sites is 2. The van der Waals surface area contributed by atoms with Crippen LogP contribution >= 0.6 is 24.8 Å². The predicted octanol–water partition coefficient (Wildman–Crippen LogP) is 2.85. The molecule has 124 valence electrons. The molecule has 22 heavy (non-hydrogen) atoms. The Morgan fingerprint density at radius 3 is 2.59 bits per heavy atom. The van der Waals surface area contributed by atoms with E-state index in [1.807, 2.05) is 17.0 Å². The van der Waals surface area contributed by atoms with Crippen molar-refractivity contribution in [2.75, 3.05) is 36.5 Å². The van der Waals surface area contributed by atoms with Gasteiger partial charge in [-0.05, 0) is 37.9 Å². The van der Waals surface area contributed by atoms with Gasteiger partial charge in [0.1, 0.15) is 0 Å². The largest absolute Gasteiger partial charge is 0.373 e. The van der Waals surface area contributed by atoms with Crippen molar-refractivity contribution in [1.29, 1.82) is 0 Å². The lowest BCUT2D eigenvalue weighted by molar-refractivity contribution is -0.119. The second kappa shape index (κ2) is 8.61. The summed E-state index contributed by atoms with van der Waals surface area (Å²) in [4.78, 5) is 16.9. The molecule has 0 saturated carbocycles. The van der Waals surface area contributed by atoms with E-state index in [0.717, 1.165) is 43.9 Å². The lowest BCUT2D eigenvalue weighted by atomic mass is 10.1. The van der Waals surface area contributed by atoms with E-state index in [1.165, 1.54) is 6.42 Å². The van der Waals surface area contributed by atoms with Crippen LogP contribution < -0.4 is 15.1 Å². The van der Waals surface area contributed by atoms with E-state index in [4.69, 9.17) is 0 Å². The van der Waals surface area contributed by atoms with Gasteiger partial charge in [0.2, 0.25) is 5.91 Å². The molecule has 1 saturated heterocycles. The third-order valence-electron chi connectivity index (χ3n) is 4.34. The summed E-state index contributed by atoms with van der Waals surface area (Å²) in [5.74, 6) is 0.257. The van der Waals surface area contributed by atoms with Crippen LogP contribution in [0.1, 0.15) is 25.7 Å². The number of rotatable bonds is 2. The molecule has 1 N–H and O–H groups in total. The third kappa shape index (κ3) is 4.06. The molecule has 2 aliphatic rings. The quantitative estimate of drug-likeness (QED) is 0.895. The molecule has 1 fully saturated rings. The SMILES string of the molecule is CN1CCCN(C(=O)CC2CCCN2)c2ccccc21.Cl.Cl.